The minimum Gasteiger partial charge on any atom is -0.497 e. The van der Waals surface area contributed by atoms with Gasteiger partial charge in [-0.3, -0.25) is 4.79 Å². The molecule has 0 fully saturated rings. The molecule has 1 atom stereocenters. The fourth-order valence-electron chi connectivity index (χ4n) is 2.40. The van der Waals surface area contributed by atoms with E-state index in [9.17, 15) is 13.2 Å². The molecule has 0 saturated heterocycles. The Bertz CT molecular complexity index is 815. The van der Waals surface area contributed by atoms with Crippen LogP contribution < -0.4 is 14.8 Å². The Kier molecular flexibility index (Phi) is 6.17. The molecule has 6 nitrogen and oxygen atoms in total. The van der Waals surface area contributed by atoms with Crippen molar-refractivity contribution in [3.63, 3.8) is 0 Å². The topological polar surface area (TPSA) is 84.5 Å². The van der Waals surface area contributed by atoms with Gasteiger partial charge in [0.15, 0.2) is 0 Å². The van der Waals surface area contributed by atoms with E-state index in [0.29, 0.717) is 12.1 Å². The van der Waals surface area contributed by atoms with Gasteiger partial charge in [0.1, 0.15) is 5.75 Å². The van der Waals surface area contributed by atoms with E-state index in [-0.39, 0.29) is 16.8 Å². The number of ether oxygens (including phenoxy) is 1. The highest BCUT2D eigenvalue weighted by Gasteiger charge is 2.20. The van der Waals surface area contributed by atoms with Gasteiger partial charge in [0, 0.05) is 18.7 Å². The molecule has 25 heavy (non-hydrogen) atoms. The van der Waals surface area contributed by atoms with E-state index in [2.05, 4.69) is 10.0 Å². The highest BCUT2D eigenvalue weighted by atomic mass is 32.2. The van der Waals surface area contributed by atoms with Gasteiger partial charge >= 0.3 is 0 Å². The third-order valence-electron chi connectivity index (χ3n) is 3.71. The summed E-state index contributed by atoms with van der Waals surface area (Å²) in [6.45, 7) is 3.31. The molecule has 0 aliphatic carbocycles. The molecule has 0 heterocycles. The molecule has 2 aromatic carbocycles. The minimum atomic E-state index is -3.67. The highest BCUT2D eigenvalue weighted by molar-refractivity contribution is 7.89. The monoisotopic (exact) mass is 362 g/mol. The molecule has 0 unspecified atom stereocenters. The van der Waals surface area contributed by atoms with Gasteiger partial charge in [0.05, 0.1) is 12.0 Å². The molecular formula is C18H22N2O4S. The zero-order valence-electron chi connectivity index (χ0n) is 14.4. The molecule has 0 aliphatic rings. The largest absolute Gasteiger partial charge is 0.497 e. The first-order valence-electron chi connectivity index (χ1n) is 7.89. The molecule has 0 spiro atoms. The standard InChI is InChI=1S/C18H22N2O4S/c1-4-18(14-5-9-16(24-3)10-6-14)20-25(22,23)17-11-7-15(8-12-17)19-13(2)21/h5-12,18,20H,4H2,1-3H3,(H,19,21)/t18-/m0/s1. The zero-order valence-corrected chi connectivity index (χ0v) is 15.3. The van der Waals surface area contributed by atoms with Crippen LogP contribution in [0, 0.1) is 0 Å². The third kappa shape index (κ3) is 5.04. The average Bonchev–Trinajstić information content (AvgIpc) is 2.60. The molecule has 2 rings (SSSR count). The third-order valence-corrected chi connectivity index (χ3v) is 5.20. The number of nitrogens with one attached hydrogen (secondary N) is 2. The fraction of sp³-hybridized carbons (Fsp3) is 0.278. The quantitative estimate of drug-likeness (QED) is 0.793. The summed E-state index contributed by atoms with van der Waals surface area (Å²) in [6, 6.07) is 13.0. The van der Waals surface area contributed by atoms with Crippen molar-refractivity contribution in [1.82, 2.24) is 4.72 Å². The smallest absolute Gasteiger partial charge is 0.241 e. The lowest BCUT2D eigenvalue weighted by Gasteiger charge is -2.18. The number of sulfonamides is 1. The number of anilines is 1. The number of carbonyl (C=O) groups is 1. The molecule has 7 heteroatoms. The Morgan fingerprint density at radius 2 is 1.68 bits per heavy atom. The summed E-state index contributed by atoms with van der Waals surface area (Å²) >= 11 is 0. The average molecular weight is 362 g/mol. The number of rotatable bonds is 7. The van der Waals surface area contributed by atoms with Gasteiger partial charge in [-0.05, 0) is 48.4 Å². The van der Waals surface area contributed by atoms with Crippen molar-refractivity contribution in [3.05, 3.63) is 54.1 Å². The first-order chi connectivity index (χ1) is 11.9. The van der Waals surface area contributed by atoms with Gasteiger partial charge in [0.2, 0.25) is 15.9 Å². The van der Waals surface area contributed by atoms with Crippen LogP contribution in [0.3, 0.4) is 0 Å². The SMILES string of the molecule is CC[C@H](NS(=O)(=O)c1ccc(NC(C)=O)cc1)c1ccc(OC)cc1. The van der Waals surface area contributed by atoms with E-state index in [1.807, 2.05) is 19.1 Å². The minimum absolute atomic E-state index is 0.147. The van der Waals surface area contributed by atoms with Gasteiger partial charge in [-0.2, -0.15) is 0 Å². The summed E-state index contributed by atoms with van der Waals surface area (Å²) in [7, 11) is -2.09. The maximum Gasteiger partial charge on any atom is 0.241 e. The van der Waals surface area contributed by atoms with Crippen LogP contribution in [0.1, 0.15) is 31.9 Å². The number of hydrogen-bond acceptors (Lipinski definition) is 4. The molecule has 0 saturated carbocycles. The maximum atomic E-state index is 12.6. The van der Waals surface area contributed by atoms with Crippen LogP contribution in [0.25, 0.3) is 0 Å². The lowest BCUT2D eigenvalue weighted by atomic mass is 10.1. The molecule has 0 aliphatic heterocycles. The van der Waals surface area contributed by atoms with E-state index >= 15 is 0 Å². The van der Waals surface area contributed by atoms with Crippen LogP contribution in [-0.2, 0) is 14.8 Å². The Morgan fingerprint density at radius 3 is 2.16 bits per heavy atom. The summed E-state index contributed by atoms with van der Waals surface area (Å²) in [5, 5.41) is 2.61. The van der Waals surface area contributed by atoms with Crippen LogP contribution in [0.5, 0.6) is 5.75 Å². The molecule has 0 radical (unpaired) electrons. The number of amides is 1. The van der Waals surface area contributed by atoms with E-state index in [4.69, 9.17) is 4.74 Å². The van der Waals surface area contributed by atoms with Crippen LogP contribution in [0.4, 0.5) is 5.69 Å². The van der Waals surface area contributed by atoms with Gasteiger partial charge < -0.3 is 10.1 Å². The second kappa shape index (κ2) is 8.13. The predicted octanol–water partition coefficient (Wildman–Crippen LogP) is 3.08. The van der Waals surface area contributed by atoms with Crippen LogP contribution in [0.2, 0.25) is 0 Å². The summed E-state index contributed by atoms with van der Waals surface area (Å²) in [6.07, 6.45) is 0.607. The van der Waals surface area contributed by atoms with Crippen molar-refractivity contribution in [2.24, 2.45) is 0 Å². The summed E-state index contributed by atoms with van der Waals surface area (Å²) in [5.41, 5.74) is 1.41. The van der Waals surface area contributed by atoms with E-state index in [0.717, 1.165) is 11.3 Å². The normalized spacial score (nSPS) is 12.4. The Balaban J connectivity index is 2.18. The number of carbonyl (C=O) groups excluding carboxylic acids is 1. The lowest BCUT2D eigenvalue weighted by molar-refractivity contribution is -0.114. The van der Waals surface area contributed by atoms with Crippen LogP contribution in [-0.4, -0.2) is 21.4 Å². The fourth-order valence-corrected chi connectivity index (χ4v) is 3.71. The number of benzene rings is 2. The first-order valence-corrected chi connectivity index (χ1v) is 9.38. The van der Waals surface area contributed by atoms with Gasteiger partial charge in [-0.1, -0.05) is 19.1 Å². The second-order valence-electron chi connectivity index (χ2n) is 5.56. The van der Waals surface area contributed by atoms with Crippen molar-refractivity contribution < 1.29 is 17.9 Å². The molecular weight excluding hydrogens is 340 g/mol. The molecule has 1 amide bonds. The van der Waals surface area contributed by atoms with Gasteiger partial charge in [0.25, 0.3) is 0 Å². The molecule has 2 N–H and O–H groups in total. The highest BCUT2D eigenvalue weighted by Crippen LogP contribution is 2.23. The number of hydrogen-bond donors (Lipinski definition) is 2. The van der Waals surface area contributed by atoms with Crippen molar-refractivity contribution in [1.29, 1.82) is 0 Å². The van der Waals surface area contributed by atoms with Crippen molar-refractivity contribution >= 4 is 21.6 Å². The van der Waals surface area contributed by atoms with Crippen molar-refractivity contribution in [2.45, 2.75) is 31.2 Å². The Labute approximate surface area is 148 Å². The van der Waals surface area contributed by atoms with E-state index < -0.39 is 10.0 Å². The summed E-state index contributed by atoms with van der Waals surface area (Å²) < 4.78 is 33.1. The molecule has 134 valence electrons. The zero-order chi connectivity index (χ0) is 18.4. The maximum absolute atomic E-state index is 12.6. The summed E-state index contributed by atoms with van der Waals surface area (Å²) in [5.74, 6) is 0.509. The summed E-state index contributed by atoms with van der Waals surface area (Å²) in [4.78, 5) is 11.2. The van der Waals surface area contributed by atoms with Crippen LogP contribution >= 0.6 is 0 Å². The predicted molar refractivity (Wildman–Crippen MR) is 97.1 cm³/mol. The van der Waals surface area contributed by atoms with Crippen LogP contribution in [0.15, 0.2) is 53.4 Å². The van der Waals surface area contributed by atoms with Gasteiger partial charge in [-0.25, -0.2) is 13.1 Å². The first kappa shape index (κ1) is 19.0. The Hall–Kier alpha value is -2.38. The Morgan fingerprint density at radius 1 is 1.08 bits per heavy atom. The van der Waals surface area contributed by atoms with Gasteiger partial charge in [-0.15, -0.1) is 0 Å². The van der Waals surface area contributed by atoms with Crippen molar-refractivity contribution in [3.8, 4) is 5.75 Å². The lowest BCUT2D eigenvalue weighted by Crippen LogP contribution is -2.28. The van der Waals surface area contributed by atoms with E-state index in [1.54, 1.807) is 31.4 Å². The van der Waals surface area contributed by atoms with Crippen molar-refractivity contribution in [2.75, 3.05) is 12.4 Å². The van der Waals surface area contributed by atoms with E-state index in [1.165, 1.54) is 19.1 Å². The molecule has 0 aromatic heterocycles. The number of methoxy groups -OCH3 is 1. The second-order valence-corrected chi connectivity index (χ2v) is 7.27. The molecule has 0 bridgehead atoms. The molecule has 2 aromatic rings.